The van der Waals surface area contributed by atoms with Gasteiger partial charge in [-0.05, 0) is 31.6 Å². The molecule has 2 saturated carbocycles. The summed E-state index contributed by atoms with van der Waals surface area (Å²) in [4.78, 5) is 2.53. The highest BCUT2D eigenvalue weighted by Crippen LogP contribution is 2.42. The normalized spacial score (nSPS) is 40.0. The van der Waals surface area contributed by atoms with E-state index in [-0.39, 0.29) is 11.5 Å². The maximum atomic E-state index is 9.97. The maximum absolute atomic E-state index is 9.97. The molecule has 18 heavy (non-hydrogen) atoms. The first kappa shape index (κ1) is 12.9. The SMILES string of the molecule is OCC1(CN2CC3CCC(O)C3C2)CCCCC1. The van der Waals surface area contributed by atoms with E-state index in [2.05, 4.69) is 4.90 Å². The third-order valence-corrected chi connectivity index (χ3v) is 5.70. The predicted molar refractivity (Wildman–Crippen MR) is 71.3 cm³/mol. The first-order chi connectivity index (χ1) is 8.72. The third-order valence-electron chi connectivity index (χ3n) is 5.70. The number of aliphatic hydroxyl groups excluding tert-OH is 2. The zero-order valence-corrected chi connectivity index (χ0v) is 11.4. The van der Waals surface area contributed by atoms with Crippen LogP contribution in [0.4, 0.5) is 0 Å². The number of aliphatic hydroxyl groups is 2. The summed E-state index contributed by atoms with van der Waals surface area (Å²) in [6.45, 7) is 3.63. The summed E-state index contributed by atoms with van der Waals surface area (Å²) in [6.07, 6.45) is 8.44. The van der Waals surface area contributed by atoms with Gasteiger partial charge in [0.15, 0.2) is 0 Å². The number of rotatable bonds is 3. The molecule has 1 saturated heterocycles. The molecule has 104 valence electrons. The van der Waals surface area contributed by atoms with Crippen molar-refractivity contribution in [3.8, 4) is 0 Å². The molecular weight excluding hydrogens is 226 g/mol. The minimum atomic E-state index is -0.0589. The number of fused-ring (bicyclic) bond motifs is 1. The molecule has 1 heterocycles. The van der Waals surface area contributed by atoms with E-state index in [1.165, 1.54) is 38.5 Å². The fraction of sp³-hybridized carbons (Fsp3) is 1.00. The zero-order valence-electron chi connectivity index (χ0n) is 11.4. The molecule has 0 amide bonds. The van der Waals surface area contributed by atoms with Gasteiger partial charge in [0, 0.05) is 37.6 Å². The van der Waals surface area contributed by atoms with Gasteiger partial charge in [-0.25, -0.2) is 0 Å². The molecule has 0 radical (unpaired) electrons. The zero-order chi connectivity index (χ0) is 12.6. The summed E-state index contributed by atoms with van der Waals surface area (Å²) >= 11 is 0. The number of likely N-dealkylation sites (tertiary alicyclic amines) is 1. The van der Waals surface area contributed by atoms with Gasteiger partial charge < -0.3 is 15.1 Å². The Morgan fingerprint density at radius 2 is 1.83 bits per heavy atom. The summed E-state index contributed by atoms with van der Waals surface area (Å²) in [6, 6.07) is 0. The van der Waals surface area contributed by atoms with Crippen molar-refractivity contribution < 1.29 is 10.2 Å². The van der Waals surface area contributed by atoms with E-state index in [1.807, 2.05) is 0 Å². The predicted octanol–water partition coefficient (Wildman–Crippen LogP) is 1.63. The first-order valence-corrected chi connectivity index (χ1v) is 7.74. The van der Waals surface area contributed by atoms with Crippen LogP contribution in [0.1, 0.15) is 44.9 Å². The second-order valence-corrected chi connectivity index (χ2v) is 6.98. The average molecular weight is 253 g/mol. The average Bonchev–Trinajstić information content (AvgIpc) is 2.93. The quantitative estimate of drug-likeness (QED) is 0.803. The lowest BCUT2D eigenvalue weighted by Crippen LogP contribution is -2.41. The molecule has 3 heteroatoms. The fourth-order valence-electron chi connectivity index (χ4n) is 4.60. The second kappa shape index (κ2) is 5.10. The summed E-state index contributed by atoms with van der Waals surface area (Å²) in [5, 5.41) is 19.7. The van der Waals surface area contributed by atoms with E-state index >= 15 is 0 Å². The van der Waals surface area contributed by atoms with E-state index in [0.717, 1.165) is 32.0 Å². The van der Waals surface area contributed by atoms with Gasteiger partial charge in [0.05, 0.1) is 6.10 Å². The lowest BCUT2D eigenvalue weighted by atomic mass is 9.74. The van der Waals surface area contributed by atoms with Crippen molar-refractivity contribution in [3.63, 3.8) is 0 Å². The van der Waals surface area contributed by atoms with Crippen LogP contribution in [-0.4, -0.2) is 47.5 Å². The van der Waals surface area contributed by atoms with E-state index in [1.54, 1.807) is 0 Å². The van der Waals surface area contributed by atoms with Crippen molar-refractivity contribution in [3.05, 3.63) is 0 Å². The highest BCUT2D eigenvalue weighted by atomic mass is 16.3. The van der Waals surface area contributed by atoms with Gasteiger partial charge >= 0.3 is 0 Å². The Bertz CT molecular complexity index is 288. The minimum absolute atomic E-state index is 0.0589. The Labute approximate surface area is 110 Å². The molecule has 0 spiro atoms. The Kier molecular flexibility index (Phi) is 3.65. The van der Waals surface area contributed by atoms with Crippen LogP contribution in [0.5, 0.6) is 0 Å². The van der Waals surface area contributed by atoms with Crippen LogP contribution in [0.2, 0.25) is 0 Å². The molecule has 0 bridgehead atoms. The van der Waals surface area contributed by atoms with Crippen LogP contribution in [0.25, 0.3) is 0 Å². The standard InChI is InChI=1S/C15H27NO2/c17-11-15(6-2-1-3-7-15)10-16-8-12-4-5-14(18)13(12)9-16/h12-14,17-18H,1-11H2. The molecule has 2 aliphatic carbocycles. The number of nitrogens with zero attached hydrogens (tertiary/aromatic N) is 1. The van der Waals surface area contributed by atoms with E-state index in [4.69, 9.17) is 0 Å². The minimum Gasteiger partial charge on any atom is -0.396 e. The number of hydrogen-bond acceptors (Lipinski definition) is 3. The highest BCUT2D eigenvalue weighted by Gasteiger charge is 2.44. The van der Waals surface area contributed by atoms with Crippen molar-refractivity contribution in [2.75, 3.05) is 26.2 Å². The van der Waals surface area contributed by atoms with Crippen LogP contribution >= 0.6 is 0 Å². The second-order valence-electron chi connectivity index (χ2n) is 6.98. The summed E-state index contributed by atoms with van der Waals surface area (Å²) < 4.78 is 0. The van der Waals surface area contributed by atoms with Crippen LogP contribution in [0.15, 0.2) is 0 Å². The Morgan fingerprint density at radius 3 is 2.50 bits per heavy atom. The molecule has 1 aliphatic heterocycles. The van der Waals surface area contributed by atoms with Crippen molar-refractivity contribution in [1.29, 1.82) is 0 Å². The Hall–Kier alpha value is -0.120. The smallest absolute Gasteiger partial charge is 0.0583 e. The van der Waals surface area contributed by atoms with Crippen LogP contribution < -0.4 is 0 Å². The van der Waals surface area contributed by atoms with Crippen molar-refractivity contribution in [2.24, 2.45) is 17.3 Å². The number of hydrogen-bond donors (Lipinski definition) is 2. The third kappa shape index (κ3) is 2.33. The molecule has 3 unspecified atom stereocenters. The maximum Gasteiger partial charge on any atom is 0.0583 e. The molecule has 3 aliphatic rings. The van der Waals surface area contributed by atoms with E-state index in [9.17, 15) is 10.2 Å². The summed E-state index contributed by atoms with van der Waals surface area (Å²) in [5.74, 6) is 1.24. The molecular formula is C15H27NO2. The molecule has 3 nitrogen and oxygen atoms in total. The molecule has 3 atom stereocenters. The van der Waals surface area contributed by atoms with Crippen molar-refractivity contribution in [1.82, 2.24) is 4.90 Å². The molecule has 3 rings (SSSR count). The summed E-state index contributed by atoms with van der Waals surface area (Å²) in [7, 11) is 0. The first-order valence-electron chi connectivity index (χ1n) is 7.74. The van der Waals surface area contributed by atoms with Gasteiger partial charge in [0.1, 0.15) is 0 Å². The largest absolute Gasteiger partial charge is 0.396 e. The van der Waals surface area contributed by atoms with Gasteiger partial charge in [0.2, 0.25) is 0 Å². The highest BCUT2D eigenvalue weighted by molar-refractivity contribution is 4.96. The lowest BCUT2D eigenvalue weighted by Gasteiger charge is -2.39. The Morgan fingerprint density at radius 1 is 1.06 bits per heavy atom. The van der Waals surface area contributed by atoms with Crippen LogP contribution in [-0.2, 0) is 0 Å². The van der Waals surface area contributed by atoms with Crippen molar-refractivity contribution >= 4 is 0 Å². The van der Waals surface area contributed by atoms with Crippen LogP contribution in [0.3, 0.4) is 0 Å². The van der Waals surface area contributed by atoms with Crippen molar-refractivity contribution in [2.45, 2.75) is 51.0 Å². The Balaban J connectivity index is 1.60. The molecule has 3 fully saturated rings. The molecule has 0 aromatic heterocycles. The van der Waals surface area contributed by atoms with Gasteiger partial charge in [-0.15, -0.1) is 0 Å². The lowest BCUT2D eigenvalue weighted by molar-refractivity contribution is 0.0417. The van der Waals surface area contributed by atoms with E-state index < -0.39 is 0 Å². The topological polar surface area (TPSA) is 43.7 Å². The van der Waals surface area contributed by atoms with Gasteiger partial charge in [-0.2, -0.15) is 0 Å². The fourth-order valence-corrected chi connectivity index (χ4v) is 4.60. The van der Waals surface area contributed by atoms with Gasteiger partial charge in [-0.3, -0.25) is 0 Å². The molecule has 0 aromatic carbocycles. The monoisotopic (exact) mass is 253 g/mol. The molecule has 2 N–H and O–H groups in total. The van der Waals surface area contributed by atoms with Gasteiger partial charge in [-0.1, -0.05) is 19.3 Å². The van der Waals surface area contributed by atoms with Crippen LogP contribution in [0, 0.1) is 17.3 Å². The van der Waals surface area contributed by atoms with Gasteiger partial charge in [0.25, 0.3) is 0 Å². The summed E-state index contributed by atoms with van der Waals surface area (Å²) in [5.41, 5.74) is 0.168. The molecule has 0 aromatic rings. The van der Waals surface area contributed by atoms with E-state index in [0.29, 0.717) is 12.5 Å².